The van der Waals surface area contributed by atoms with E-state index in [2.05, 4.69) is 35.2 Å². The van der Waals surface area contributed by atoms with Crippen LogP contribution in [0.25, 0.3) is 5.52 Å². The summed E-state index contributed by atoms with van der Waals surface area (Å²) in [5, 5.41) is 17.1. The number of hydrogen-bond acceptors (Lipinski definition) is 6. The first-order valence-corrected chi connectivity index (χ1v) is 12.0. The number of rotatable bonds is 5. The molecule has 0 saturated carbocycles. The van der Waals surface area contributed by atoms with E-state index in [0.29, 0.717) is 35.4 Å². The van der Waals surface area contributed by atoms with Gasteiger partial charge in [-0.15, -0.1) is 0 Å². The quantitative estimate of drug-likeness (QED) is 0.572. The molecule has 4 heterocycles. The fourth-order valence-electron chi connectivity index (χ4n) is 5.18. The van der Waals surface area contributed by atoms with Crippen LogP contribution in [0, 0.1) is 16.7 Å². The number of nitriles is 1. The minimum Gasteiger partial charge on any atom is -0.379 e. The fraction of sp³-hybridized carbons (Fsp3) is 0.385. The topological polar surface area (TPSA) is 123 Å². The average molecular weight is 487 g/mol. The predicted octanol–water partition coefficient (Wildman–Crippen LogP) is 2.89. The second-order valence-corrected chi connectivity index (χ2v) is 10.2. The second-order valence-electron chi connectivity index (χ2n) is 10.2. The summed E-state index contributed by atoms with van der Waals surface area (Å²) < 4.78 is 1.69. The van der Waals surface area contributed by atoms with Crippen LogP contribution in [0.4, 0.5) is 21.9 Å². The van der Waals surface area contributed by atoms with Crippen molar-refractivity contribution in [3.63, 3.8) is 0 Å². The first kappa shape index (κ1) is 23.5. The van der Waals surface area contributed by atoms with Crippen molar-refractivity contribution < 1.29 is 9.59 Å². The molecular weight excluding hydrogens is 456 g/mol. The summed E-state index contributed by atoms with van der Waals surface area (Å²) in [4.78, 5) is 30.6. The molecule has 3 amide bonds. The van der Waals surface area contributed by atoms with Crippen LogP contribution in [0.1, 0.15) is 36.2 Å². The van der Waals surface area contributed by atoms with Crippen LogP contribution in [0.5, 0.6) is 0 Å². The van der Waals surface area contributed by atoms with Gasteiger partial charge in [0.05, 0.1) is 46.5 Å². The molecule has 0 aliphatic carbocycles. The zero-order valence-corrected chi connectivity index (χ0v) is 20.7. The molecular formula is C26H30N8O2. The molecule has 0 spiro atoms. The summed E-state index contributed by atoms with van der Waals surface area (Å²) in [5.74, 6) is -0.556. The molecule has 10 heteroatoms. The Morgan fingerprint density at radius 1 is 1.19 bits per heavy atom. The molecule has 1 aromatic carbocycles. The van der Waals surface area contributed by atoms with E-state index >= 15 is 0 Å². The average Bonchev–Trinajstić information content (AvgIpc) is 3.43. The number of urea groups is 1. The summed E-state index contributed by atoms with van der Waals surface area (Å²) in [6.07, 6.45) is 4.13. The number of piperidine rings is 1. The third kappa shape index (κ3) is 4.06. The molecule has 3 aromatic rings. The van der Waals surface area contributed by atoms with Gasteiger partial charge in [0.15, 0.2) is 0 Å². The van der Waals surface area contributed by atoms with Gasteiger partial charge in [0.25, 0.3) is 5.91 Å². The van der Waals surface area contributed by atoms with Gasteiger partial charge in [-0.2, -0.15) is 10.4 Å². The summed E-state index contributed by atoms with van der Waals surface area (Å²) in [5.41, 5.74) is 9.71. The number of nitrogens with two attached hydrogens (primary N) is 1. The minimum atomic E-state index is -0.556. The molecule has 2 aliphatic heterocycles. The van der Waals surface area contributed by atoms with Gasteiger partial charge in [0, 0.05) is 50.4 Å². The Hall–Kier alpha value is -4.26. The van der Waals surface area contributed by atoms with Crippen LogP contribution in [0.3, 0.4) is 0 Å². The van der Waals surface area contributed by atoms with Gasteiger partial charge in [-0.05, 0) is 36.8 Å². The molecule has 186 valence electrons. The zero-order chi connectivity index (χ0) is 25.6. The Balaban J connectivity index is 1.44. The number of hydrogen-bond donors (Lipinski definition) is 2. The number of carbonyl (C=O) groups excluding carboxylic acids is 2. The Morgan fingerprint density at radius 2 is 1.94 bits per heavy atom. The number of nitrogens with one attached hydrogen (secondary N) is 1. The first-order chi connectivity index (χ1) is 17.2. The molecule has 0 unspecified atom stereocenters. The highest BCUT2D eigenvalue weighted by molar-refractivity contribution is 6.03. The highest BCUT2D eigenvalue weighted by Gasteiger charge is 2.37. The maximum atomic E-state index is 12.5. The van der Waals surface area contributed by atoms with E-state index in [1.165, 1.54) is 6.20 Å². The highest BCUT2D eigenvalue weighted by Crippen LogP contribution is 2.37. The van der Waals surface area contributed by atoms with Gasteiger partial charge in [-0.3, -0.25) is 9.69 Å². The van der Waals surface area contributed by atoms with Gasteiger partial charge < -0.3 is 20.9 Å². The van der Waals surface area contributed by atoms with E-state index in [1.807, 2.05) is 30.3 Å². The third-order valence-corrected chi connectivity index (χ3v) is 7.33. The van der Waals surface area contributed by atoms with Crippen molar-refractivity contribution in [2.45, 2.75) is 26.3 Å². The Kier molecular flexibility index (Phi) is 5.71. The molecule has 3 N–H and O–H groups in total. The van der Waals surface area contributed by atoms with Gasteiger partial charge in [0.1, 0.15) is 0 Å². The second kappa shape index (κ2) is 8.75. The zero-order valence-electron chi connectivity index (χ0n) is 20.7. The molecule has 36 heavy (non-hydrogen) atoms. The van der Waals surface area contributed by atoms with Gasteiger partial charge >= 0.3 is 6.03 Å². The number of amides is 3. The van der Waals surface area contributed by atoms with E-state index in [9.17, 15) is 9.59 Å². The number of fused-ring (bicyclic) bond motifs is 1. The number of anilines is 3. The lowest BCUT2D eigenvalue weighted by atomic mass is 9.78. The predicted molar refractivity (Wildman–Crippen MR) is 138 cm³/mol. The van der Waals surface area contributed by atoms with Crippen LogP contribution < -0.4 is 20.9 Å². The van der Waals surface area contributed by atoms with Crippen LogP contribution in [-0.4, -0.2) is 65.7 Å². The summed E-state index contributed by atoms with van der Waals surface area (Å²) in [7, 11) is 1.78. The van der Waals surface area contributed by atoms with Crippen molar-refractivity contribution in [1.29, 1.82) is 5.26 Å². The monoisotopic (exact) mass is 486 g/mol. The van der Waals surface area contributed by atoms with Crippen molar-refractivity contribution in [2.75, 3.05) is 48.3 Å². The number of likely N-dealkylation sites (N-methyl/N-ethyl adjacent to an activating group) is 1. The standard InChI is InChI=1S/C26H30N8O2/c1-26(2)16-32(18-6-4-17(13-27)5-7-18)9-8-22(26)30-23-20(24(28)35)14-29-34-15-19(12-21(23)34)33-11-10-31(3)25(33)36/h4-7,12,14-15,22,30H,8-11,16H2,1-3H3,(H2,28,35)/t22-/m1/s1. The van der Waals surface area contributed by atoms with Gasteiger partial charge in [-0.25, -0.2) is 9.31 Å². The lowest BCUT2D eigenvalue weighted by molar-refractivity contribution is 0.100. The maximum absolute atomic E-state index is 12.5. The molecule has 2 aromatic heterocycles. The number of aromatic nitrogens is 2. The molecule has 2 saturated heterocycles. The molecule has 0 bridgehead atoms. The van der Waals surface area contributed by atoms with Crippen LogP contribution in [0.2, 0.25) is 0 Å². The third-order valence-electron chi connectivity index (χ3n) is 7.33. The van der Waals surface area contributed by atoms with E-state index in [4.69, 9.17) is 11.0 Å². The fourth-order valence-corrected chi connectivity index (χ4v) is 5.18. The van der Waals surface area contributed by atoms with E-state index in [0.717, 1.165) is 30.9 Å². The SMILES string of the molecule is CN1CCN(c2cc3c(N[C@@H]4CCN(c5ccc(C#N)cc5)CC4(C)C)c(C(N)=O)cnn3c2)C1=O. The Bertz CT molecular complexity index is 1370. The van der Waals surface area contributed by atoms with E-state index in [-0.39, 0.29) is 17.5 Å². The maximum Gasteiger partial charge on any atom is 0.324 e. The van der Waals surface area contributed by atoms with Crippen LogP contribution in [0.15, 0.2) is 42.7 Å². The molecule has 2 aliphatic rings. The molecule has 5 rings (SSSR count). The van der Waals surface area contributed by atoms with E-state index in [1.54, 1.807) is 27.6 Å². The van der Waals surface area contributed by atoms with Crippen LogP contribution >= 0.6 is 0 Å². The van der Waals surface area contributed by atoms with Crippen molar-refractivity contribution in [1.82, 2.24) is 14.5 Å². The van der Waals surface area contributed by atoms with Crippen molar-refractivity contribution >= 4 is 34.5 Å². The number of carbonyl (C=O) groups is 2. The van der Waals surface area contributed by atoms with Crippen molar-refractivity contribution in [3.8, 4) is 6.07 Å². The van der Waals surface area contributed by atoms with Crippen LogP contribution in [-0.2, 0) is 0 Å². The number of benzene rings is 1. The van der Waals surface area contributed by atoms with Crippen molar-refractivity contribution in [2.24, 2.45) is 11.1 Å². The van der Waals surface area contributed by atoms with E-state index < -0.39 is 5.91 Å². The number of nitrogens with zero attached hydrogens (tertiary/aromatic N) is 6. The van der Waals surface area contributed by atoms with Gasteiger partial charge in [0.2, 0.25) is 0 Å². The lowest BCUT2D eigenvalue weighted by Crippen LogP contribution is -2.52. The largest absolute Gasteiger partial charge is 0.379 e. The lowest BCUT2D eigenvalue weighted by Gasteiger charge is -2.46. The highest BCUT2D eigenvalue weighted by atomic mass is 16.2. The van der Waals surface area contributed by atoms with Gasteiger partial charge in [-0.1, -0.05) is 13.8 Å². The Morgan fingerprint density at radius 3 is 2.56 bits per heavy atom. The molecule has 10 nitrogen and oxygen atoms in total. The normalized spacial score (nSPS) is 19.6. The first-order valence-electron chi connectivity index (χ1n) is 12.0. The molecule has 2 fully saturated rings. The summed E-state index contributed by atoms with van der Waals surface area (Å²) in [6, 6.07) is 11.7. The van der Waals surface area contributed by atoms with Crippen molar-refractivity contribution in [3.05, 3.63) is 53.9 Å². The summed E-state index contributed by atoms with van der Waals surface area (Å²) >= 11 is 0. The molecule has 0 radical (unpaired) electrons. The number of primary amides is 1. The Labute approximate surface area is 209 Å². The minimum absolute atomic E-state index is 0.0631. The summed E-state index contributed by atoms with van der Waals surface area (Å²) in [6.45, 7) is 7.27. The smallest absolute Gasteiger partial charge is 0.324 e. The molecule has 1 atom stereocenters.